The summed E-state index contributed by atoms with van der Waals surface area (Å²) in [6.07, 6.45) is 7.92. The molecule has 2 fully saturated rings. The average Bonchev–Trinajstić information content (AvgIpc) is 2.88. The lowest BCUT2D eigenvalue weighted by Crippen LogP contribution is -2.15. The van der Waals surface area contributed by atoms with E-state index in [2.05, 4.69) is 13.5 Å². The predicted molar refractivity (Wildman–Crippen MR) is 74.8 cm³/mol. The Morgan fingerprint density at radius 1 is 1.26 bits per heavy atom. The van der Waals surface area contributed by atoms with Gasteiger partial charge in [0.1, 0.15) is 6.10 Å². The number of carbonyl (C=O) groups excluding carboxylic acids is 1. The van der Waals surface area contributed by atoms with Crippen LogP contribution in [0.4, 0.5) is 0 Å². The lowest BCUT2D eigenvalue weighted by atomic mass is 9.99. The van der Waals surface area contributed by atoms with Crippen LogP contribution in [-0.4, -0.2) is 24.3 Å². The fourth-order valence-electron chi connectivity index (χ4n) is 3.01. The summed E-state index contributed by atoms with van der Waals surface area (Å²) >= 11 is 0. The molecule has 0 aliphatic carbocycles. The van der Waals surface area contributed by atoms with E-state index in [0.29, 0.717) is 6.10 Å². The Hall–Kier alpha value is -0.830. The number of esters is 1. The molecular weight excluding hydrogens is 240 g/mol. The summed E-state index contributed by atoms with van der Waals surface area (Å²) in [6, 6.07) is 0. The minimum atomic E-state index is -0.0445. The topological polar surface area (TPSA) is 35.5 Å². The van der Waals surface area contributed by atoms with Gasteiger partial charge in [0, 0.05) is 0 Å². The molecule has 0 bridgehead atoms. The van der Waals surface area contributed by atoms with Crippen LogP contribution in [0.25, 0.3) is 0 Å². The molecule has 0 aromatic rings. The van der Waals surface area contributed by atoms with E-state index in [1.807, 2.05) is 6.92 Å². The van der Waals surface area contributed by atoms with Gasteiger partial charge in [0.25, 0.3) is 0 Å². The Labute approximate surface area is 116 Å². The molecule has 2 rings (SSSR count). The average molecular weight is 266 g/mol. The third-order valence-electron chi connectivity index (χ3n) is 4.23. The molecule has 4 atom stereocenters. The molecule has 0 spiro atoms. The molecule has 19 heavy (non-hydrogen) atoms. The van der Waals surface area contributed by atoms with Crippen LogP contribution in [0.3, 0.4) is 0 Å². The molecule has 0 amide bonds. The summed E-state index contributed by atoms with van der Waals surface area (Å²) < 4.78 is 11.4. The number of hydrogen-bond donors (Lipinski definition) is 0. The zero-order valence-electron chi connectivity index (χ0n) is 12.2. The highest BCUT2D eigenvalue weighted by atomic mass is 16.6. The van der Waals surface area contributed by atoms with Crippen LogP contribution in [0.5, 0.6) is 0 Å². The first kappa shape index (κ1) is 14.6. The zero-order chi connectivity index (χ0) is 13.8. The Kier molecular flexibility index (Phi) is 5.03. The van der Waals surface area contributed by atoms with Crippen molar-refractivity contribution < 1.29 is 14.3 Å². The van der Waals surface area contributed by atoms with Crippen molar-refractivity contribution in [3.8, 4) is 0 Å². The molecule has 3 nitrogen and oxygen atoms in total. The van der Waals surface area contributed by atoms with Gasteiger partial charge in [0.05, 0.1) is 18.1 Å². The van der Waals surface area contributed by atoms with Gasteiger partial charge in [-0.25, -0.2) is 0 Å². The van der Waals surface area contributed by atoms with Gasteiger partial charge in [-0.1, -0.05) is 33.3 Å². The fraction of sp³-hybridized carbons (Fsp3) is 0.812. The van der Waals surface area contributed by atoms with E-state index in [1.165, 1.54) is 18.4 Å². The van der Waals surface area contributed by atoms with Crippen molar-refractivity contribution in [2.45, 2.75) is 77.1 Å². The van der Waals surface area contributed by atoms with Gasteiger partial charge in [-0.2, -0.15) is 0 Å². The summed E-state index contributed by atoms with van der Waals surface area (Å²) in [5, 5.41) is 0. The van der Waals surface area contributed by atoms with E-state index in [0.717, 1.165) is 32.1 Å². The molecule has 2 saturated heterocycles. The molecule has 0 radical (unpaired) electrons. The quantitative estimate of drug-likeness (QED) is 0.544. The number of cyclic esters (lactones) is 1. The van der Waals surface area contributed by atoms with Gasteiger partial charge in [0.2, 0.25) is 0 Å². The minimum absolute atomic E-state index is 0.0445. The van der Waals surface area contributed by atoms with Crippen molar-refractivity contribution >= 4 is 5.97 Å². The van der Waals surface area contributed by atoms with E-state index in [9.17, 15) is 4.79 Å². The zero-order valence-corrected chi connectivity index (χ0v) is 12.2. The van der Waals surface area contributed by atoms with Crippen molar-refractivity contribution in [2.75, 3.05) is 0 Å². The lowest BCUT2D eigenvalue weighted by Gasteiger charge is -2.15. The largest absolute Gasteiger partial charge is 0.462 e. The summed E-state index contributed by atoms with van der Waals surface area (Å²) in [5.74, 6) is 0.0204. The second kappa shape index (κ2) is 6.56. The maximum Gasteiger partial charge on any atom is 0.309 e. The van der Waals surface area contributed by atoms with Crippen LogP contribution >= 0.6 is 0 Å². The van der Waals surface area contributed by atoms with Gasteiger partial charge in [-0.3, -0.25) is 4.79 Å². The molecule has 2 heterocycles. The molecule has 0 saturated carbocycles. The molecule has 2 aliphatic heterocycles. The van der Waals surface area contributed by atoms with E-state index in [1.54, 1.807) is 0 Å². The van der Waals surface area contributed by atoms with Gasteiger partial charge in [-0.15, -0.1) is 0 Å². The number of unbranched alkanes of at least 4 members (excludes halogenated alkanes) is 1. The molecule has 108 valence electrons. The Morgan fingerprint density at radius 3 is 2.68 bits per heavy atom. The predicted octanol–water partition coefficient (Wildman–Crippen LogP) is 3.62. The molecule has 0 aromatic heterocycles. The highest BCUT2D eigenvalue weighted by Gasteiger charge is 2.33. The number of carbonyl (C=O) groups is 1. The van der Waals surface area contributed by atoms with Crippen molar-refractivity contribution in [2.24, 2.45) is 5.92 Å². The van der Waals surface area contributed by atoms with Gasteiger partial charge in [0.15, 0.2) is 0 Å². The normalized spacial score (nSPS) is 34.8. The summed E-state index contributed by atoms with van der Waals surface area (Å²) in [4.78, 5) is 11.3. The van der Waals surface area contributed by atoms with Crippen LogP contribution in [-0.2, 0) is 14.3 Å². The highest BCUT2D eigenvalue weighted by molar-refractivity contribution is 5.74. The van der Waals surface area contributed by atoms with Crippen LogP contribution in [0, 0.1) is 5.92 Å². The Balaban J connectivity index is 1.71. The van der Waals surface area contributed by atoms with E-state index >= 15 is 0 Å². The standard InChI is InChI=1S/C16H26O3/c1-4-5-6-13-9-11(2)15(18-13)8-7-14-10-12(3)16(17)19-14/h12-15H,2,4-10H2,1,3H3/t12-,13+,14-,15?/m1/s1. The maximum atomic E-state index is 11.3. The molecule has 0 N–H and O–H groups in total. The van der Waals surface area contributed by atoms with Crippen molar-refractivity contribution in [3.63, 3.8) is 0 Å². The van der Waals surface area contributed by atoms with Crippen molar-refractivity contribution in [3.05, 3.63) is 12.2 Å². The SMILES string of the molecule is C=C1C[C@H](CCCC)OC1CC[C@@H]1C[C@@H](C)C(=O)O1. The Morgan fingerprint density at radius 2 is 2.05 bits per heavy atom. The maximum absolute atomic E-state index is 11.3. The minimum Gasteiger partial charge on any atom is -0.462 e. The second-order valence-electron chi connectivity index (χ2n) is 6.02. The van der Waals surface area contributed by atoms with Crippen molar-refractivity contribution in [1.82, 2.24) is 0 Å². The number of hydrogen-bond acceptors (Lipinski definition) is 3. The van der Waals surface area contributed by atoms with Gasteiger partial charge < -0.3 is 9.47 Å². The molecule has 0 aromatic carbocycles. The van der Waals surface area contributed by atoms with Gasteiger partial charge >= 0.3 is 5.97 Å². The first-order valence-electron chi connectivity index (χ1n) is 7.63. The molecular formula is C16H26O3. The molecule has 3 heteroatoms. The summed E-state index contributed by atoms with van der Waals surface area (Å²) in [6.45, 7) is 8.28. The fourth-order valence-corrected chi connectivity index (χ4v) is 3.01. The highest BCUT2D eigenvalue weighted by Crippen LogP contribution is 2.32. The third-order valence-corrected chi connectivity index (χ3v) is 4.23. The Bertz CT molecular complexity index is 337. The first-order chi connectivity index (χ1) is 9.10. The van der Waals surface area contributed by atoms with Crippen LogP contribution < -0.4 is 0 Å². The molecule has 2 aliphatic rings. The van der Waals surface area contributed by atoms with Crippen LogP contribution in [0.1, 0.15) is 58.8 Å². The van der Waals surface area contributed by atoms with Crippen molar-refractivity contribution in [1.29, 1.82) is 0 Å². The van der Waals surface area contributed by atoms with Crippen LogP contribution in [0.15, 0.2) is 12.2 Å². The number of rotatable bonds is 6. The second-order valence-corrected chi connectivity index (χ2v) is 6.02. The third kappa shape index (κ3) is 3.82. The summed E-state index contributed by atoms with van der Waals surface area (Å²) in [5.41, 5.74) is 1.22. The van der Waals surface area contributed by atoms with Gasteiger partial charge in [-0.05, 0) is 37.7 Å². The van der Waals surface area contributed by atoms with E-state index in [4.69, 9.17) is 9.47 Å². The summed E-state index contributed by atoms with van der Waals surface area (Å²) in [7, 11) is 0. The lowest BCUT2D eigenvalue weighted by molar-refractivity contribution is -0.144. The molecule has 1 unspecified atom stereocenters. The smallest absolute Gasteiger partial charge is 0.309 e. The van der Waals surface area contributed by atoms with E-state index in [-0.39, 0.29) is 24.1 Å². The first-order valence-corrected chi connectivity index (χ1v) is 7.63. The number of ether oxygens (including phenoxy) is 2. The van der Waals surface area contributed by atoms with E-state index < -0.39 is 0 Å². The van der Waals surface area contributed by atoms with Crippen LogP contribution in [0.2, 0.25) is 0 Å². The monoisotopic (exact) mass is 266 g/mol.